The van der Waals surface area contributed by atoms with Crippen LogP contribution in [0.25, 0.3) is 0 Å². The topological polar surface area (TPSA) is 72.4 Å². The maximum absolute atomic E-state index is 9.48. The van der Waals surface area contributed by atoms with E-state index in [0.717, 1.165) is 0 Å². The Labute approximate surface area is 98.2 Å². The van der Waals surface area contributed by atoms with E-state index in [-0.39, 0.29) is 65.7 Å². The third-order valence-corrected chi connectivity index (χ3v) is 0.862. The molecule has 0 unspecified atom stereocenters. The third kappa shape index (κ3) is 17.8. The molecule has 0 rings (SSSR count). The predicted octanol–water partition coefficient (Wildman–Crippen LogP) is -7.14. The van der Waals surface area contributed by atoms with Crippen LogP contribution >= 0.6 is 7.82 Å². The van der Waals surface area contributed by atoms with Gasteiger partial charge < -0.3 is 18.9 Å². The maximum Gasteiger partial charge on any atom is 1.00 e. The zero-order valence-corrected chi connectivity index (χ0v) is 10.7. The van der Waals surface area contributed by atoms with Crippen LogP contribution in [0, 0.1) is 0 Å². The van der Waals surface area contributed by atoms with Crippen molar-refractivity contribution in [3.8, 4) is 0 Å². The Balaban J connectivity index is -0.000000180. The standard InChI is InChI=1S/C2H7O4P.2Na/c1-2-6-7(3,4)5;;/h2H2,1H3,(H2,3,4,5);;/q;2*+1/p-2/i6+2;;. The first-order valence-electron chi connectivity index (χ1n) is 1.73. The fourth-order valence-electron chi connectivity index (χ4n) is 0.158. The van der Waals surface area contributed by atoms with E-state index in [9.17, 15) is 14.4 Å². The average Bonchev–Trinajstić information content (AvgIpc) is 1.30. The Bertz CT molecular complexity index is 90.6. The Kier molecular flexibility index (Phi) is 15.7. The van der Waals surface area contributed by atoms with Gasteiger partial charge in [0, 0.05) is 6.61 Å². The first-order valence-corrected chi connectivity index (χ1v) is 3.19. The van der Waals surface area contributed by atoms with Gasteiger partial charge in [0.05, 0.1) is 7.82 Å². The van der Waals surface area contributed by atoms with Crippen molar-refractivity contribution in [2.45, 2.75) is 6.92 Å². The first-order chi connectivity index (χ1) is 3.06. The molecule has 0 saturated carbocycles. The second kappa shape index (κ2) is 8.21. The van der Waals surface area contributed by atoms with Crippen molar-refractivity contribution in [2.24, 2.45) is 0 Å². The molecule has 0 aromatic rings. The van der Waals surface area contributed by atoms with Gasteiger partial charge in [-0.05, 0) is 6.92 Å². The minimum Gasteiger partial charge on any atom is -0.790 e. The van der Waals surface area contributed by atoms with Gasteiger partial charge in [0.1, 0.15) is 0 Å². The molecular formula is C2H5Na2O4P. The molecule has 9 heavy (non-hydrogen) atoms. The van der Waals surface area contributed by atoms with Crippen molar-refractivity contribution in [3.05, 3.63) is 0 Å². The summed E-state index contributed by atoms with van der Waals surface area (Å²) in [6, 6.07) is 0. The van der Waals surface area contributed by atoms with Gasteiger partial charge in [-0.2, -0.15) is 0 Å². The maximum atomic E-state index is 9.48. The van der Waals surface area contributed by atoms with E-state index in [1.807, 2.05) is 0 Å². The first kappa shape index (κ1) is 17.3. The Morgan fingerprint density at radius 1 is 1.44 bits per heavy atom. The van der Waals surface area contributed by atoms with Gasteiger partial charge in [0.2, 0.25) is 0 Å². The van der Waals surface area contributed by atoms with Crippen LogP contribution in [-0.4, -0.2) is 6.61 Å². The molecular weight excluding hydrogens is 167 g/mol. The van der Waals surface area contributed by atoms with Crippen LogP contribution < -0.4 is 68.9 Å². The quantitative estimate of drug-likeness (QED) is 0.235. The molecule has 0 atom stereocenters. The molecule has 0 N–H and O–H groups in total. The van der Waals surface area contributed by atoms with E-state index in [1.54, 1.807) is 0 Å². The summed E-state index contributed by atoms with van der Waals surface area (Å²) >= 11 is 0. The van der Waals surface area contributed by atoms with E-state index >= 15 is 0 Å². The van der Waals surface area contributed by atoms with Gasteiger partial charge >= 0.3 is 59.1 Å². The Hall–Kier alpha value is 2.11. The molecule has 0 aliphatic rings. The van der Waals surface area contributed by atoms with Gasteiger partial charge in [-0.15, -0.1) is 0 Å². The molecule has 0 aliphatic carbocycles. The van der Waals surface area contributed by atoms with Crippen LogP contribution in [0.5, 0.6) is 0 Å². The van der Waals surface area contributed by atoms with E-state index in [1.165, 1.54) is 6.92 Å². The van der Waals surface area contributed by atoms with Crippen LogP contribution in [0.15, 0.2) is 0 Å². The van der Waals surface area contributed by atoms with E-state index in [0.29, 0.717) is 0 Å². The predicted molar refractivity (Wildman–Crippen MR) is 19.2 cm³/mol. The number of hydrogen-bond acceptors (Lipinski definition) is 4. The SMILES string of the molecule is CC[18O]P(=O)([O-])[O-].[Na+].[Na+]. The average molecular weight is 172 g/mol. The van der Waals surface area contributed by atoms with E-state index in [2.05, 4.69) is 4.52 Å². The normalized spacial score (nSPS) is 9.22. The van der Waals surface area contributed by atoms with E-state index < -0.39 is 7.82 Å². The fourth-order valence-corrected chi connectivity index (χ4v) is 0.474. The van der Waals surface area contributed by atoms with Crippen molar-refractivity contribution in [2.75, 3.05) is 6.61 Å². The summed E-state index contributed by atoms with van der Waals surface area (Å²) in [5, 5.41) is 0. The molecule has 0 fully saturated rings. The van der Waals surface area contributed by atoms with Crippen LogP contribution in [0.2, 0.25) is 0 Å². The van der Waals surface area contributed by atoms with Gasteiger partial charge in [-0.25, -0.2) is 0 Å². The number of rotatable bonds is 2. The van der Waals surface area contributed by atoms with Gasteiger partial charge in [-0.3, -0.25) is 0 Å². The van der Waals surface area contributed by atoms with Crippen molar-refractivity contribution in [3.63, 3.8) is 0 Å². The van der Waals surface area contributed by atoms with Crippen LogP contribution in [-0.2, 0) is 9.09 Å². The van der Waals surface area contributed by atoms with Crippen LogP contribution in [0.4, 0.5) is 0 Å². The van der Waals surface area contributed by atoms with Crippen molar-refractivity contribution < 1.29 is 78.0 Å². The van der Waals surface area contributed by atoms with Gasteiger partial charge in [0.15, 0.2) is 0 Å². The molecule has 0 aromatic carbocycles. The summed E-state index contributed by atoms with van der Waals surface area (Å²) in [7, 11) is -4.67. The number of hydrogen-bond donors (Lipinski definition) is 0. The van der Waals surface area contributed by atoms with Crippen LogP contribution in [0.3, 0.4) is 0 Å². The molecule has 0 radical (unpaired) electrons. The van der Waals surface area contributed by atoms with Crippen LogP contribution in [0.1, 0.15) is 6.92 Å². The molecule has 0 saturated heterocycles. The van der Waals surface area contributed by atoms with Crippen molar-refractivity contribution >= 4 is 7.82 Å². The molecule has 0 spiro atoms. The second-order valence-corrected chi connectivity index (χ2v) is 2.02. The largest absolute Gasteiger partial charge is 1.00 e. The third-order valence-electron chi connectivity index (χ3n) is 0.287. The van der Waals surface area contributed by atoms with Crippen molar-refractivity contribution in [1.29, 1.82) is 0 Å². The van der Waals surface area contributed by atoms with Gasteiger partial charge in [-0.1, -0.05) is 0 Å². The summed E-state index contributed by atoms with van der Waals surface area (Å²) in [5.74, 6) is 0. The van der Waals surface area contributed by atoms with Gasteiger partial charge in [0.25, 0.3) is 0 Å². The minimum absolute atomic E-state index is 0. The zero-order valence-electron chi connectivity index (χ0n) is 5.79. The van der Waals surface area contributed by atoms with E-state index in [4.69, 9.17) is 0 Å². The summed E-state index contributed by atoms with van der Waals surface area (Å²) < 4.78 is 13.2. The molecule has 4 nitrogen and oxygen atoms in total. The molecule has 44 valence electrons. The second-order valence-electron chi connectivity index (χ2n) is 0.865. The Morgan fingerprint density at radius 3 is 1.78 bits per heavy atom. The fraction of sp³-hybridized carbons (Fsp3) is 1.00. The molecule has 0 heterocycles. The zero-order chi connectivity index (χ0) is 5.91. The molecule has 0 amide bonds. The summed E-state index contributed by atoms with van der Waals surface area (Å²) in [5.41, 5.74) is 0. The smallest absolute Gasteiger partial charge is 0.790 e. The monoisotopic (exact) mass is 172 g/mol. The Morgan fingerprint density at radius 2 is 1.78 bits per heavy atom. The minimum atomic E-state index is -4.67. The summed E-state index contributed by atoms with van der Waals surface area (Å²) in [4.78, 5) is 19.0. The molecule has 0 aliphatic heterocycles. The summed E-state index contributed by atoms with van der Waals surface area (Å²) in [6.45, 7) is 1.35. The summed E-state index contributed by atoms with van der Waals surface area (Å²) in [6.07, 6.45) is 0. The number of phosphoric ester groups is 1. The van der Waals surface area contributed by atoms with Crippen molar-refractivity contribution in [1.82, 2.24) is 0 Å². The molecule has 0 bridgehead atoms. The molecule has 7 heteroatoms. The molecule has 0 aromatic heterocycles. The number of phosphoric acid groups is 1.